The Hall–Kier alpha value is -4.04. The van der Waals surface area contributed by atoms with Crippen molar-refractivity contribution in [3.8, 4) is 11.1 Å². The van der Waals surface area contributed by atoms with Gasteiger partial charge in [-0.1, -0.05) is 54.1 Å². The number of halogens is 1. The highest BCUT2D eigenvalue weighted by atomic mass is 35.5. The molecular formula is C30H32ClN5O3. The first-order valence-electron chi connectivity index (χ1n) is 13.1. The minimum absolute atomic E-state index is 0.0753. The lowest BCUT2D eigenvalue weighted by Gasteiger charge is -2.39. The Bertz CT molecular complexity index is 1450. The number of piperazine rings is 1. The summed E-state index contributed by atoms with van der Waals surface area (Å²) in [5, 5.41) is 11.4. The molecule has 1 saturated heterocycles. The number of hydrogen-bond acceptors (Lipinski definition) is 4. The van der Waals surface area contributed by atoms with Gasteiger partial charge in [0.15, 0.2) is 0 Å². The summed E-state index contributed by atoms with van der Waals surface area (Å²) in [7, 11) is 0. The second-order valence-electron chi connectivity index (χ2n) is 10.1. The topological polar surface area (TPSA) is 92.8 Å². The van der Waals surface area contributed by atoms with Crippen LogP contribution in [0.2, 0.25) is 5.02 Å². The molecule has 202 valence electrons. The number of carbonyl (C=O) groups excluding carboxylic acids is 1. The molecule has 0 bridgehead atoms. The number of aromatic nitrogens is 2. The Balaban J connectivity index is 1.40. The van der Waals surface area contributed by atoms with Gasteiger partial charge < -0.3 is 24.8 Å². The third-order valence-corrected chi connectivity index (χ3v) is 7.62. The number of hydrogen-bond donors (Lipinski definition) is 2. The Morgan fingerprint density at radius 2 is 1.72 bits per heavy atom. The summed E-state index contributed by atoms with van der Waals surface area (Å²) >= 11 is 6.10. The van der Waals surface area contributed by atoms with E-state index in [0.29, 0.717) is 31.2 Å². The molecular weight excluding hydrogens is 514 g/mol. The quantitative estimate of drug-likeness (QED) is 0.310. The number of aromatic amines is 1. The fraction of sp³-hybridized carbons (Fsp3) is 0.300. The van der Waals surface area contributed by atoms with E-state index in [-0.39, 0.29) is 18.5 Å². The average Bonchev–Trinajstić information content (AvgIpc) is 3.43. The van der Waals surface area contributed by atoms with Gasteiger partial charge in [-0.3, -0.25) is 4.79 Å². The van der Waals surface area contributed by atoms with Gasteiger partial charge in [-0.15, -0.1) is 0 Å². The van der Waals surface area contributed by atoms with Gasteiger partial charge in [-0.25, -0.2) is 9.78 Å². The SMILES string of the molecule is CC(C)N(CC(C(=O)N1CCN(c2c(-c3ccccc3)cnc3[nH]ccc23)CC1)c1ccc(Cl)cc1)C(=O)O. The largest absolute Gasteiger partial charge is 0.465 e. The van der Waals surface area contributed by atoms with Gasteiger partial charge in [-0.2, -0.15) is 0 Å². The molecule has 2 aromatic carbocycles. The maximum absolute atomic E-state index is 13.9. The van der Waals surface area contributed by atoms with Crippen molar-refractivity contribution in [3.63, 3.8) is 0 Å². The fourth-order valence-electron chi connectivity index (χ4n) is 5.26. The van der Waals surface area contributed by atoms with Gasteiger partial charge in [0.1, 0.15) is 5.65 Å². The second kappa shape index (κ2) is 11.4. The zero-order valence-corrected chi connectivity index (χ0v) is 22.8. The second-order valence-corrected chi connectivity index (χ2v) is 10.5. The van der Waals surface area contributed by atoms with E-state index in [0.717, 1.165) is 33.4 Å². The number of amides is 2. The maximum Gasteiger partial charge on any atom is 0.407 e. The third kappa shape index (κ3) is 5.56. The number of rotatable bonds is 7. The number of H-pyrrole nitrogens is 1. The van der Waals surface area contributed by atoms with Crippen LogP contribution in [0, 0.1) is 0 Å². The predicted molar refractivity (Wildman–Crippen MR) is 154 cm³/mol. The number of pyridine rings is 1. The van der Waals surface area contributed by atoms with E-state index < -0.39 is 12.0 Å². The standard InChI is InChI=1S/C30H32ClN5O3/c1-20(2)36(30(38)39)19-26(22-8-10-23(31)11-9-22)29(37)35-16-14-34(15-17-35)27-24-12-13-32-28(24)33-18-25(27)21-6-4-3-5-7-21/h3-13,18,20,26H,14-17,19H2,1-2H3,(H,32,33)(H,38,39). The molecule has 1 unspecified atom stereocenters. The zero-order chi connectivity index (χ0) is 27.5. The number of nitrogens with one attached hydrogen (secondary N) is 1. The van der Waals surface area contributed by atoms with Crippen LogP contribution in [0.5, 0.6) is 0 Å². The first-order valence-corrected chi connectivity index (χ1v) is 13.5. The lowest BCUT2D eigenvalue weighted by Crippen LogP contribution is -2.52. The molecule has 2 N–H and O–H groups in total. The molecule has 1 aliphatic rings. The molecule has 1 fully saturated rings. The number of carbonyl (C=O) groups is 2. The number of anilines is 1. The molecule has 0 aliphatic carbocycles. The molecule has 2 amide bonds. The highest BCUT2D eigenvalue weighted by molar-refractivity contribution is 6.30. The lowest BCUT2D eigenvalue weighted by molar-refractivity contribution is -0.133. The van der Waals surface area contributed by atoms with E-state index in [4.69, 9.17) is 11.6 Å². The van der Waals surface area contributed by atoms with E-state index in [2.05, 4.69) is 27.0 Å². The summed E-state index contributed by atoms with van der Waals surface area (Å²) < 4.78 is 0. The number of carboxylic acid groups (broad SMARTS) is 1. The van der Waals surface area contributed by atoms with Crippen molar-refractivity contribution in [2.24, 2.45) is 0 Å². The molecule has 0 saturated carbocycles. The highest BCUT2D eigenvalue weighted by Gasteiger charge is 2.33. The van der Waals surface area contributed by atoms with Crippen LogP contribution < -0.4 is 4.90 Å². The molecule has 5 rings (SSSR count). The average molecular weight is 546 g/mol. The summed E-state index contributed by atoms with van der Waals surface area (Å²) in [5.41, 5.74) is 4.83. The minimum Gasteiger partial charge on any atom is -0.465 e. The maximum atomic E-state index is 13.9. The van der Waals surface area contributed by atoms with Gasteiger partial charge in [0.05, 0.1) is 11.6 Å². The normalized spacial score (nSPS) is 14.6. The summed E-state index contributed by atoms with van der Waals surface area (Å²) in [6, 6.07) is 19.1. The molecule has 1 atom stereocenters. The molecule has 9 heteroatoms. The Kier molecular flexibility index (Phi) is 7.74. The van der Waals surface area contributed by atoms with Crippen LogP contribution in [0.3, 0.4) is 0 Å². The van der Waals surface area contributed by atoms with Gasteiger partial charge in [-0.05, 0) is 43.2 Å². The summed E-state index contributed by atoms with van der Waals surface area (Å²) in [5.74, 6) is -0.696. The predicted octanol–water partition coefficient (Wildman–Crippen LogP) is 5.70. The van der Waals surface area contributed by atoms with Crippen LogP contribution in [-0.2, 0) is 4.79 Å². The van der Waals surface area contributed by atoms with Gasteiger partial charge in [0, 0.05) is 67.1 Å². The van der Waals surface area contributed by atoms with E-state index in [1.807, 2.05) is 67.5 Å². The van der Waals surface area contributed by atoms with Crippen LogP contribution >= 0.6 is 11.6 Å². The van der Waals surface area contributed by atoms with Crippen LogP contribution in [0.15, 0.2) is 73.1 Å². The first kappa shape index (κ1) is 26.6. The van der Waals surface area contributed by atoms with Gasteiger partial charge >= 0.3 is 6.09 Å². The van der Waals surface area contributed by atoms with Crippen molar-refractivity contribution in [2.45, 2.75) is 25.8 Å². The van der Waals surface area contributed by atoms with Crippen molar-refractivity contribution >= 4 is 40.3 Å². The fourth-order valence-corrected chi connectivity index (χ4v) is 5.39. The first-order chi connectivity index (χ1) is 18.8. The van der Waals surface area contributed by atoms with E-state index in [1.54, 1.807) is 12.1 Å². The molecule has 8 nitrogen and oxygen atoms in total. The zero-order valence-electron chi connectivity index (χ0n) is 22.0. The third-order valence-electron chi connectivity index (χ3n) is 7.37. The Morgan fingerprint density at radius 1 is 1.03 bits per heavy atom. The smallest absolute Gasteiger partial charge is 0.407 e. The van der Waals surface area contributed by atoms with Gasteiger partial charge in [0.25, 0.3) is 0 Å². The van der Waals surface area contributed by atoms with Crippen molar-refractivity contribution in [2.75, 3.05) is 37.6 Å². The van der Waals surface area contributed by atoms with Crippen LogP contribution in [0.25, 0.3) is 22.2 Å². The summed E-state index contributed by atoms with van der Waals surface area (Å²) in [6.45, 7) is 6.07. The monoisotopic (exact) mass is 545 g/mol. The number of fused-ring (bicyclic) bond motifs is 1. The van der Waals surface area contributed by atoms with E-state index in [9.17, 15) is 14.7 Å². The van der Waals surface area contributed by atoms with Crippen LogP contribution in [0.4, 0.5) is 10.5 Å². The van der Waals surface area contributed by atoms with Crippen LogP contribution in [-0.4, -0.2) is 75.6 Å². The molecule has 3 heterocycles. The highest BCUT2D eigenvalue weighted by Crippen LogP contribution is 2.37. The molecule has 0 radical (unpaired) electrons. The summed E-state index contributed by atoms with van der Waals surface area (Å²) in [6.07, 6.45) is 2.77. The van der Waals surface area contributed by atoms with Gasteiger partial charge in [0.2, 0.25) is 5.91 Å². The van der Waals surface area contributed by atoms with Crippen LogP contribution in [0.1, 0.15) is 25.3 Å². The molecule has 4 aromatic rings. The lowest BCUT2D eigenvalue weighted by atomic mass is 9.96. The number of benzene rings is 2. The van der Waals surface area contributed by atoms with Crippen molar-refractivity contribution in [1.82, 2.24) is 19.8 Å². The van der Waals surface area contributed by atoms with E-state index in [1.165, 1.54) is 4.90 Å². The summed E-state index contributed by atoms with van der Waals surface area (Å²) in [4.78, 5) is 39.2. The van der Waals surface area contributed by atoms with Crippen molar-refractivity contribution in [1.29, 1.82) is 0 Å². The molecule has 1 aliphatic heterocycles. The minimum atomic E-state index is -1.04. The molecule has 2 aromatic heterocycles. The molecule has 0 spiro atoms. The number of nitrogens with zero attached hydrogens (tertiary/aromatic N) is 4. The van der Waals surface area contributed by atoms with E-state index >= 15 is 0 Å². The Morgan fingerprint density at radius 3 is 2.36 bits per heavy atom. The molecule has 39 heavy (non-hydrogen) atoms. The van der Waals surface area contributed by atoms with Crippen molar-refractivity contribution in [3.05, 3.63) is 83.6 Å². The van der Waals surface area contributed by atoms with Crippen molar-refractivity contribution < 1.29 is 14.7 Å². The Labute approximate surface area is 232 Å².